The Balaban J connectivity index is 0.00000533. The summed E-state index contributed by atoms with van der Waals surface area (Å²) in [6, 6.07) is 9.64. The summed E-state index contributed by atoms with van der Waals surface area (Å²) in [5.74, 6) is 0. The van der Waals surface area contributed by atoms with Gasteiger partial charge in [-0.05, 0) is 96.1 Å². The van der Waals surface area contributed by atoms with E-state index in [1.165, 1.54) is 46.0 Å². The van der Waals surface area contributed by atoms with Crippen molar-refractivity contribution in [3.05, 3.63) is 57.6 Å². The minimum atomic E-state index is -1.69. The Hall–Kier alpha value is -0.446. The first-order chi connectivity index (χ1) is 17.4. The molecule has 0 saturated carbocycles. The second-order valence-corrected chi connectivity index (χ2v) is 24.8. The van der Waals surface area contributed by atoms with Gasteiger partial charge in [-0.1, -0.05) is 90.6 Å². The van der Waals surface area contributed by atoms with Gasteiger partial charge >= 0.3 is 18.9 Å². The average Bonchev–Trinajstić information content (AvgIpc) is 2.71. The fraction of sp³-hybridized carbons (Fsp3) is 0.588. The van der Waals surface area contributed by atoms with Crippen molar-refractivity contribution >= 4 is 23.4 Å². The number of benzene rings is 2. The van der Waals surface area contributed by atoms with E-state index in [9.17, 15) is 0 Å². The Bertz CT molecular complexity index is 1180. The first-order valence-corrected chi connectivity index (χ1v) is 20.3. The van der Waals surface area contributed by atoms with Crippen LogP contribution in [0.15, 0.2) is 24.3 Å². The van der Waals surface area contributed by atoms with Gasteiger partial charge in [0.1, 0.15) is 0 Å². The molecule has 5 heteroatoms. The first kappa shape index (κ1) is 34.8. The summed E-state index contributed by atoms with van der Waals surface area (Å²) in [6.07, 6.45) is 3.70. The van der Waals surface area contributed by atoms with Crippen molar-refractivity contribution in [2.75, 3.05) is 6.61 Å². The second-order valence-electron chi connectivity index (χ2n) is 14.2. The fourth-order valence-corrected chi connectivity index (χ4v) is 16.7. The molecule has 3 aromatic rings. The molecule has 0 aliphatic carbocycles. The summed E-state index contributed by atoms with van der Waals surface area (Å²) >= 11 is 0. The van der Waals surface area contributed by atoms with Crippen LogP contribution in [0.3, 0.4) is 0 Å². The van der Waals surface area contributed by atoms with Gasteiger partial charge in [-0.3, -0.25) is 0 Å². The minimum absolute atomic E-state index is 0. The van der Waals surface area contributed by atoms with E-state index in [1.54, 1.807) is 11.1 Å². The molecule has 0 fully saturated rings. The number of aryl methyl sites for hydroxylation is 6. The predicted octanol–water partition coefficient (Wildman–Crippen LogP) is 9.41. The molecule has 1 heterocycles. The number of hydrogen-bond donors (Lipinski definition) is 0. The van der Waals surface area contributed by atoms with Gasteiger partial charge < -0.3 is 4.43 Å². The number of hydrogen-bond acceptors (Lipinski definition) is 1. The van der Waals surface area contributed by atoms with E-state index < -0.39 is 8.32 Å². The SMILES string of the molecule is Cc1cc(C)c(-c2p(C(C)(C)C)[c-](-c3c(C)cc(C)cc3C)[p+]2CCCCO[Si](C)(C)C(C)(C)C)c(C)c1.[Li+]. The molecule has 2 aromatic carbocycles. The number of unbranched alkanes of at least 4 members (excludes halogenated alkanes) is 1. The van der Waals surface area contributed by atoms with Crippen LogP contribution in [-0.2, 0) is 15.7 Å². The van der Waals surface area contributed by atoms with Crippen molar-refractivity contribution in [3.8, 4) is 21.2 Å². The molecule has 1 nitrogen and oxygen atoms in total. The van der Waals surface area contributed by atoms with Gasteiger partial charge in [0.05, 0.1) is 10.1 Å². The van der Waals surface area contributed by atoms with Crippen LogP contribution in [0.5, 0.6) is 0 Å². The van der Waals surface area contributed by atoms with E-state index in [0.717, 1.165) is 13.0 Å². The molecule has 1 aromatic heterocycles. The summed E-state index contributed by atoms with van der Waals surface area (Å²) in [7, 11) is -2.36. The zero-order valence-corrected chi connectivity index (χ0v) is 30.7. The summed E-state index contributed by atoms with van der Waals surface area (Å²) in [4.78, 5) is 0. The van der Waals surface area contributed by atoms with Crippen LogP contribution < -0.4 is 18.9 Å². The van der Waals surface area contributed by atoms with Crippen LogP contribution >= 0.6 is 15.1 Å². The fourth-order valence-electron chi connectivity index (χ4n) is 5.72. The van der Waals surface area contributed by atoms with Crippen molar-refractivity contribution in [3.63, 3.8) is 0 Å². The van der Waals surface area contributed by atoms with Gasteiger partial charge in [0.15, 0.2) is 8.32 Å². The van der Waals surface area contributed by atoms with Crippen LogP contribution in [0, 0.1) is 41.5 Å². The summed E-state index contributed by atoms with van der Waals surface area (Å²) in [5.41, 5.74) is 11.8. The monoisotopic (exact) mass is 575 g/mol. The molecule has 3 rings (SSSR count). The van der Waals surface area contributed by atoms with E-state index in [2.05, 4.69) is 120 Å². The van der Waals surface area contributed by atoms with Crippen LogP contribution in [0.2, 0.25) is 18.1 Å². The molecule has 0 bridgehead atoms. The van der Waals surface area contributed by atoms with E-state index in [4.69, 9.17) is 4.43 Å². The Kier molecular flexibility index (Phi) is 11.4. The molecular weight excluding hydrogens is 521 g/mol. The molecule has 210 valence electrons. The topological polar surface area (TPSA) is 9.23 Å². The van der Waals surface area contributed by atoms with Crippen LogP contribution in [0.25, 0.3) is 21.2 Å². The predicted molar refractivity (Wildman–Crippen MR) is 179 cm³/mol. The molecule has 0 amide bonds. The molecule has 39 heavy (non-hydrogen) atoms. The molecule has 0 radical (unpaired) electrons. The van der Waals surface area contributed by atoms with E-state index in [1.807, 2.05) is 10.1 Å². The van der Waals surface area contributed by atoms with Crippen LogP contribution in [0.1, 0.15) is 87.8 Å². The molecule has 0 saturated heterocycles. The van der Waals surface area contributed by atoms with E-state index in [-0.39, 0.29) is 44.1 Å². The van der Waals surface area contributed by atoms with Crippen molar-refractivity contribution in [2.45, 2.75) is 125 Å². The summed E-state index contributed by atoms with van der Waals surface area (Å²) in [5, 5.41) is 4.16. The van der Waals surface area contributed by atoms with Gasteiger partial charge in [0.25, 0.3) is 0 Å². The molecule has 0 aliphatic rings. The Morgan fingerprint density at radius 3 is 1.67 bits per heavy atom. The molecule has 0 N–H and O–H groups in total. The summed E-state index contributed by atoms with van der Waals surface area (Å²) in [6.45, 7) is 34.0. The number of rotatable bonds is 8. The maximum absolute atomic E-state index is 6.57. The van der Waals surface area contributed by atoms with Crippen molar-refractivity contribution < 1.29 is 23.3 Å². The molecule has 0 aliphatic heterocycles. The van der Waals surface area contributed by atoms with E-state index >= 15 is 0 Å². The maximum atomic E-state index is 6.57. The Morgan fingerprint density at radius 2 is 1.23 bits per heavy atom. The smallest absolute Gasteiger partial charge is 0.417 e. The Morgan fingerprint density at radius 1 is 0.769 bits per heavy atom. The van der Waals surface area contributed by atoms with Gasteiger partial charge in [-0.15, -0.1) is 11.1 Å². The summed E-state index contributed by atoms with van der Waals surface area (Å²) < 4.78 is 6.57. The minimum Gasteiger partial charge on any atom is -0.417 e. The van der Waals surface area contributed by atoms with Gasteiger partial charge in [-0.25, -0.2) is 0 Å². The molecule has 0 atom stereocenters. The Labute approximate surface area is 256 Å². The molecule has 0 spiro atoms. The molecule has 0 unspecified atom stereocenters. The quantitative estimate of drug-likeness (QED) is 0.148. The average molecular weight is 576 g/mol. The van der Waals surface area contributed by atoms with Gasteiger partial charge in [0, 0.05) is 17.9 Å². The van der Waals surface area contributed by atoms with Crippen molar-refractivity contribution in [1.82, 2.24) is 0 Å². The maximum Gasteiger partial charge on any atom is 1.00 e. The van der Waals surface area contributed by atoms with Crippen LogP contribution in [0.4, 0.5) is 0 Å². The van der Waals surface area contributed by atoms with Gasteiger partial charge in [-0.2, -0.15) is 0 Å². The van der Waals surface area contributed by atoms with Gasteiger partial charge in [0.2, 0.25) is 0 Å². The van der Waals surface area contributed by atoms with Crippen molar-refractivity contribution in [1.29, 1.82) is 0 Å². The normalized spacial score (nSPS) is 13.6. The third kappa shape index (κ3) is 7.50. The third-order valence-corrected chi connectivity index (χ3v) is 20.5. The first-order valence-electron chi connectivity index (χ1n) is 14.5. The standard InChI is InChI=1S/C34H54OP2Si.Li/c1-23-19-25(3)29(26(4)20-23)31-36(18-16-15-17-35-38(13,14)34(10,11)12)32(37(31)33(7,8)9)30-27(5)21-24(2)22-28(30)6;/h19-22H,15-18H2,1-14H3;/q;+1. The third-order valence-electron chi connectivity index (χ3n) is 8.45. The molecular formula is C34H54LiOP2Si+. The zero-order chi connectivity index (χ0) is 28.8. The van der Waals surface area contributed by atoms with E-state index in [0.29, 0.717) is 0 Å². The second kappa shape index (κ2) is 12.8. The van der Waals surface area contributed by atoms with Crippen molar-refractivity contribution in [2.24, 2.45) is 0 Å². The zero-order valence-electron chi connectivity index (χ0n) is 27.9. The van der Waals surface area contributed by atoms with Crippen LogP contribution in [-0.4, -0.2) is 14.9 Å². The largest absolute Gasteiger partial charge is 1.00 e.